The van der Waals surface area contributed by atoms with Gasteiger partial charge in [-0.15, -0.1) is 0 Å². The Morgan fingerprint density at radius 2 is 1.89 bits per heavy atom. The molecule has 0 spiro atoms. The molecule has 2 N–H and O–H groups in total. The van der Waals surface area contributed by atoms with Gasteiger partial charge in [-0.3, -0.25) is 9.59 Å². The van der Waals surface area contributed by atoms with Crippen LogP contribution in [0.5, 0.6) is 0 Å². The lowest BCUT2D eigenvalue weighted by atomic mass is 10.2. The average Bonchev–Trinajstić information content (AvgIpc) is 2.97. The molecule has 1 aromatic heterocycles. The molecule has 0 radical (unpaired) electrons. The minimum atomic E-state index is -0.248. The molecule has 2 aromatic carbocycles. The molecule has 140 valence electrons. The van der Waals surface area contributed by atoms with Crippen molar-refractivity contribution in [3.63, 3.8) is 0 Å². The molecule has 3 aromatic rings. The lowest BCUT2D eigenvalue weighted by Crippen LogP contribution is -2.27. The van der Waals surface area contributed by atoms with Crippen LogP contribution in [-0.4, -0.2) is 27.9 Å². The van der Waals surface area contributed by atoms with Gasteiger partial charge in [0.05, 0.1) is 11.0 Å². The fourth-order valence-electron chi connectivity index (χ4n) is 2.79. The Morgan fingerprint density at radius 3 is 2.59 bits per heavy atom. The number of hydrogen-bond acceptors (Lipinski definition) is 3. The van der Waals surface area contributed by atoms with E-state index in [1.165, 1.54) is 0 Å². The summed E-state index contributed by atoms with van der Waals surface area (Å²) in [7, 11) is 0. The number of anilines is 1. The van der Waals surface area contributed by atoms with Crippen LogP contribution >= 0.6 is 11.6 Å². The highest BCUT2D eigenvalue weighted by Gasteiger charge is 2.12. The smallest absolute Gasteiger partial charge is 0.251 e. The van der Waals surface area contributed by atoms with E-state index in [1.54, 1.807) is 12.1 Å². The van der Waals surface area contributed by atoms with Crippen molar-refractivity contribution in [2.75, 3.05) is 11.9 Å². The second-order valence-electron chi connectivity index (χ2n) is 6.25. The van der Waals surface area contributed by atoms with Crippen molar-refractivity contribution in [1.29, 1.82) is 0 Å². The molecule has 0 aliphatic carbocycles. The van der Waals surface area contributed by atoms with E-state index in [0.717, 1.165) is 16.8 Å². The van der Waals surface area contributed by atoms with Crippen LogP contribution in [0.1, 0.15) is 29.3 Å². The van der Waals surface area contributed by atoms with Crippen molar-refractivity contribution in [3.05, 3.63) is 58.9 Å². The van der Waals surface area contributed by atoms with E-state index in [0.29, 0.717) is 22.9 Å². The summed E-state index contributed by atoms with van der Waals surface area (Å²) in [6, 6.07) is 12.8. The predicted molar refractivity (Wildman–Crippen MR) is 107 cm³/mol. The summed E-state index contributed by atoms with van der Waals surface area (Å²) < 4.78 is 1.87. The molecule has 0 saturated heterocycles. The molecule has 27 heavy (non-hydrogen) atoms. The molecule has 0 unspecified atom stereocenters. The second-order valence-corrected chi connectivity index (χ2v) is 6.59. The van der Waals surface area contributed by atoms with Crippen molar-refractivity contribution in [2.45, 2.75) is 26.8 Å². The quantitative estimate of drug-likeness (QED) is 0.679. The first-order valence-electron chi connectivity index (χ1n) is 8.78. The molecule has 2 amide bonds. The Labute approximate surface area is 162 Å². The monoisotopic (exact) mass is 384 g/mol. The summed E-state index contributed by atoms with van der Waals surface area (Å²) in [5.41, 5.74) is 3.91. The Morgan fingerprint density at radius 1 is 1.15 bits per heavy atom. The lowest BCUT2D eigenvalue weighted by Gasteiger charge is -2.07. The maximum Gasteiger partial charge on any atom is 0.251 e. The Kier molecular flexibility index (Phi) is 5.76. The zero-order valence-electron chi connectivity index (χ0n) is 15.3. The van der Waals surface area contributed by atoms with Crippen molar-refractivity contribution >= 4 is 40.1 Å². The fraction of sp³-hybridized carbons (Fsp3) is 0.250. The van der Waals surface area contributed by atoms with Crippen LogP contribution in [0.3, 0.4) is 0 Å². The van der Waals surface area contributed by atoms with Gasteiger partial charge >= 0.3 is 0 Å². The Bertz CT molecular complexity index is 980. The van der Waals surface area contributed by atoms with Gasteiger partial charge in [-0.25, -0.2) is 4.98 Å². The molecule has 6 nitrogen and oxygen atoms in total. The molecule has 3 rings (SSSR count). The number of aryl methyl sites for hydroxylation is 2. The van der Waals surface area contributed by atoms with Crippen LogP contribution in [0.15, 0.2) is 42.5 Å². The first-order valence-corrected chi connectivity index (χ1v) is 9.16. The number of carbonyl (C=O) groups excluding carboxylic acids is 2. The van der Waals surface area contributed by atoms with Crippen LogP contribution in [0.4, 0.5) is 5.69 Å². The summed E-state index contributed by atoms with van der Waals surface area (Å²) in [6.07, 6.45) is 0.193. The highest BCUT2D eigenvalue weighted by molar-refractivity contribution is 6.29. The van der Waals surface area contributed by atoms with Crippen molar-refractivity contribution < 1.29 is 9.59 Å². The number of benzene rings is 2. The van der Waals surface area contributed by atoms with Crippen LogP contribution in [0, 0.1) is 6.92 Å². The maximum absolute atomic E-state index is 12.3. The van der Waals surface area contributed by atoms with Gasteiger partial charge < -0.3 is 15.2 Å². The minimum Gasteiger partial charge on any atom is -0.352 e. The van der Waals surface area contributed by atoms with Crippen LogP contribution in [-0.2, 0) is 11.3 Å². The topological polar surface area (TPSA) is 76.0 Å². The van der Waals surface area contributed by atoms with E-state index < -0.39 is 0 Å². The summed E-state index contributed by atoms with van der Waals surface area (Å²) in [6.45, 7) is 4.92. The number of halogens is 1. The van der Waals surface area contributed by atoms with Gasteiger partial charge in [0.1, 0.15) is 0 Å². The Hall–Kier alpha value is -2.86. The van der Waals surface area contributed by atoms with Crippen LogP contribution < -0.4 is 10.6 Å². The number of imidazole rings is 1. The highest BCUT2D eigenvalue weighted by atomic mass is 35.5. The van der Waals surface area contributed by atoms with Gasteiger partial charge in [0.25, 0.3) is 5.91 Å². The summed E-state index contributed by atoms with van der Waals surface area (Å²) in [5, 5.41) is 5.96. The molecule has 7 heteroatoms. The fourth-order valence-corrected chi connectivity index (χ4v) is 3.10. The standard InChI is InChI=1S/C20H21ClN4O2/c1-3-25-17-9-6-14(12-16(17)24-20(25)21)19(27)22-11-10-18(26)23-15-7-4-13(2)5-8-15/h4-9,12H,3,10-11H2,1-2H3,(H,22,27)(H,23,26). The number of nitrogens with zero attached hydrogens (tertiary/aromatic N) is 2. The van der Waals surface area contributed by atoms with Gasteiger partial charge in [-0.05, 0) is 55.8 Å². The van der Waals surface area contributed by atoms with E-state index in [2.05, 4.69) is 15.6 Å². The molecule has 1 heterocycles. The number of nitrogens with one attached hydrogen (secondary N) is 2. The molecule has 0 saturated carbocycles. The lowest BCUT2D eigenvalue weighted by molar-refractivity contribution is -0.116. The number of carbonyl (C=O) groups is 2. The summed E-state index contributed by atoms with van der Waals surface area (Å²) in [5.74, 6) is -0.398. The zero-order valence-corrected chi connectivity index (χ0v) is 16.0. The van der Waals surface area contributed by atoms with E-state index in [1.807, 2.05) is 48.7 Å². The zero-order chi connectivity index (χ0) is 19.4. The van der Waals surface area contributed by atoms with Crippen molar-refractivity contribution in [3.8, 4) is 0 Å². The minimum absolute atomic E-state index is 0.150. The molecule has 0 fully saturated rings. The van der Waals surface area contributed by atoms with Crippen LogP contribution in [0.25, 0.3) is 11.0 Å². The molecular weight excluding hydrogens is 364 g/mol. The number of fused-ring (bicyclic) bond motifs is 1. The number of amides is 2. The average molecular weight is 385 g/mol. The number of aromatic nitrogens is 2. The first-order chi connectivity index (χ1) is 13.0. The molecule has 0 bridgehead atoms. The van der Waals surface area contributed by atoms with Gasteiger partial charge in [0.2, 0.25) is 11.2 Å². The van der Waals surface area contributed by atoms with E-state index >= 15 is 0 Å². The molecular formula is C20H21ClN4O2. The van der Waals surface area contributed by atoms with Gasteiger partial charge in [-0.2, -0.15) is 0 Å². The van der Waals surface area contributed by atoms with Gasteiger partial charge in [0.15, 0.2) is 0 Å². The van der Waals surface area contributed by atoms with E-state index in [-0.39, 0.29) is 24.8 Å². The molecule has 0 aliphatic heterocycles. The first kappa shape index (κ1) is 18.9. The Balaban J connectivity index is 1.55. The summed E-state index contributed by atoms with van der Waals surface area (Å²) >= 11 is 6.10. The normalized spacial score (nSPS) is 10.8. The van der Waals surface area contributed by atoms with Gasteiger partial charge in [0, 0.05) is 30.8 Å². The summed E-state index contributed by atoms with van der Waals surface area (Å²) in [4.78, 5) is 28.6. The SMILES string of the molecule is CCn1c(Cl)nc2cc(C(=O)NCCC(=O)Nc3ccc(C)cc3)ccc21. The van der Waals surface area contributed by atoms with Crippen molar-refractivity contribution in [2.24, 2.45) is 0 Å². The van der Waals surface area contributed by atoms with Crippen molar-refractivity contribution in [1.82, 2.24) is 14.9 Å². The largest absolute Gasteiger partial charge is 0.352 e. The third-order valence-electron chi connectivity index (χ3n) is 4.25. The highest BCUT2D eigenvalue weighted by Crippen LogP contribution is 2.21. The third kappa shape index (κ3) is 4.46. The number of hydrogen-bond donors (Lipinski definition) is 2. The molecule has 0 aliphatic rings. The second kappa shape index (κ2) is 8.22. The number of rotatable bonds is 6. The van der Waals surface area contributed by atoms with E-state index in [9.17, 15) is 9.59 Å². The predicted octanol–water partition coefficient (Wildman–Crippen LogP) is 3.78. The maximum atomic E-state index is 12.3. The van der Waals surface area contributed by atoms with Crippen LogP contribution in [0.2, 0.25) is 5.28 Å². The van der Waals surface area contributed by atoms with E-state index in [4.69, 9.17) is 11.6 Å². The molecule has 0 atom stereocenters. The van der Waals surface area contributed by atoms with Gasteiger partial charge in [-0.1, -0.05) is 17.7 Å². The third-order valence-corrected chi connectivity index (χ3v) is 4.54.